The number of carbonyl (C=O) groups is 1. The molecule has 0 atom stereocenters. The Morgan fingerprint density at radius 3 is 2.62 bits per heavy atom. The Kier molecular flexibility index (Phi) is 4.61. The fourth-order valence-corrected chi connectivity index (χ4v) is 3.20. The van der Waals surface area contributed by atoms with Crippen molar-refractivity contribution < 1.29 is 9.53 Å². The summed E-state index contributed by atoms with van der Waals surface area (Å²) < 4.78 is 5.68. The summed E-state index contributed by atoms with van der Waals surface area (Å²) in [4.78, 5) is 16.8. The summed E-state index contributed by atoms with van der Waals surface area (Å²) in [5, 5.41) is 9.54. The Bertz CT molecular complexity index is 805. The highest BCUT2D eigenvalue weighted by Gasteiger charge is 2.25. The number of aromatic nitrogens is 1. The van der Waals surface area contributed by atoms with E-state index in [2.05, 4.69) is 24.9 Å². The zero-order chi connectivity index (χ0) is 17.1. The zero-order valence-corrected chi connectivity index (χ0v) is 14.0. The topological polar surface area (TPSA) is 63.0 Å². The number of rotatable bonds is 5. The first-order valence-electron chi connectivity index (χ1n) is 8.28. The number of Topliss-reactive ketones (excluding diaryl/α,β-unsaturated/α-hetero) is 1. The van der Waals surface area contributed by atoms with Gasteiger partial charge < -0.3 is 4.74 Å². The number of hydrogen-bond acceptors (Lipinski definition) is 4. The first-order valence-corrected chi connectivity index (χ1v) is 8.28. The third kappa shape index (κ3) is 3.03. The molecule has 1 aromatic carbocycles. The van der Waals surface area contributed by atoms with Crippen LogP contribution in [0.3, 0.4) is 0 Å². The summed E-state index contributed by atoms with van der Waals surface area (Å²) in [7, 11) is 0. The highest BCUT2D eigenvalue weighted by Crippen LogP contribution is 2.35. The maximum atomic E-state index is 12.2. The van der Waals surface area contributed by atoms with Gasteiger partial charge >= 0.3 is 0 Å². The van der Waals surface area contributed by atoms with E-state index in [1.54, 1.807) is 12.1 Å². The van der Waals surface area contributed by atoms with Crippen molar-refractivity contribution in [1.29, 1.82) is 5.26 Å². The molecular weight excluding hydrogens is 300 g/mol. The molecule has 0 aliphatic heterocycles. The number of ether oxygens (including phenoxy) is 1. The second kappa shape index (κ2) is 6.84. The van der Waals surface area contributed by atoms with Gasteiger partial charge in [0.25, 0.3) is 0 Å². The normalized spacial score (nSPS) is 12.8. The van der Waals surface area contributed by atoms with Crippen LogP contribution in [0.2, 0.25) is 0 Å². The molecule has 1 heterocycles. The van der Waals surface area contributed by atoms with Gasteiger partial charge in [-0.05, 0) is 36.3 Å². The molecule has 3 rings (SSSR count). The van der Waals surface area contributed by atoms with Crippen molar-refractivity contribution in [3.05, 3.63) is 58.3 Å². The van der Waals surface area contributed by atoms with Crippen LogP contribution in [0.5, 0.6) is 5.88 Å². The molecule has 0 radical (unpaired) electrons. The highest BCUT2D eigenvalue weighted by molar-refractivity contribution is 5.97. The largest absolute Gasteiger partial charge is 0.468 e. The van der Waals surface area contributed by atoms with Gasteiger partial charge in [-0.1, -0.05) is 44.2 Å². The maximum Gasteiger partial charge on any atom is 0.232 e. The Hall–Kier alpha value is -2.67. The summed E-state index contributed by atoms with van der Waals surface area (Å²) in [6.45, 7) is 4.07. The van der Waals surface area contributed by atoms with E-state index in [1.165, 1.54) is 5.56 Å². The molecule has 1 aliphatic rings. The lowest BCUT2D eigenvalue weighted by atomic mass is 9.98. The van der Waals surface area contributed by atoms with Crippen LogP contribution in [0.1, 0.15) is 58.9 Å². The predicted molar refractivity (Wildman–Crippen MR) is 91.3 cm³/mol. The van der Waals surface area contributed by atoms with E-state index >= 15 is 0 Å². The summed E-state index contributed by atoms with van der Waals surface area (Å²) in [6.07, 6.45) is 2.88. The molecule has 0 spiro atoms. The lowest BCUT2D eigenvalue weighted by Crippen LogP contribution is -2.14. The van der Waals surface area contributed by atoms with E-state index in [4.69, 9.17) is 4.74 Å². The van der Waals surface area contributed by atoms with Gasteiger partial charge in [0.2, 0.25) is 5.88 Å². The Morgan fingerprint density at radius 1 is 1.25 bits per heavy atom. The molecular formula is C20H20N2O2. The van der Waals surface area contributed by atoms with Crippen LogP contribution in [0.15, 0.2) is 30.3 Å². The Balaban J connectivity index is 1.89. The molecule has 122 valence electrons. The molecule has 2 aromatic rings. The lowest BCUT2D eigenvalue weighted by molar-refractivity contribution is 0.0917. The van der Waals surface area contributed by atoms with Crippen LogP contribution < -0.4 is 4.74 Å². The third-order valence-corrected chi connectivity index (χ3v) is 4.36. The van der Waals surface area contributed by atoms with Crippen molar-refractivity contribution in [3.63, 3.8) is 0 Å². The molecule has 0 fully saturated rings. The SMILES string of the molecule is CC(C)c1nc(OCC(=O)c2ccccc2)c(C#N)c2c1CCC2. The Labute approximate surface area is 142 Å². The maximum absolute atomic E-state index is 12.2. The molecule has 0 bridgehead atoms. The average molecular weight is 320 g/mol. The molecule has 0 amide bonds. The van der Waals surface area contributed by atoms with Crippen molar-refractivity contribution in [2.24, 2.45) is 0 Å². The second-order valence-corrected chi connectivity index (χ2v) is 6.33. The van der Waals surface area contributed by atoms with Crippen LogP contribution in [-0.2, 0) is 12.8 Å². The molecule has 0 unspecified atom stereocenters. The quantitative estimate of drug-likeness (QED) is 0.786. The summed E-state index contributed by atoms with van der Waals surface area (Å²) in [6, 6.07) is 11.2. The average Bonchev–Trinajstić information content (AvgIpc) is 3.08. The van der Waals surface area contributed by atoms with Crippen molar-refractivity contribution >= 4 is 5.78 Å². The molecule has 24 heavy (non-hydrogen) atoms. The van der Waals surface area contributed by atoms with Gasteiger partial charge in [0.15, 0.2) is 12.4 Å². The molecule has 1 aliphatic carbocycles. The van der Waals surface area contributed by atoms with Crippen LogP contribution >= 0.6 is 0 Å². The number of carbonyl (C=O) groups excluding carboxylic acids is 1. The van der Waals surface area contributed by atoms with E-state index < -0.39 is 0 Å². The number of benzene rings is 1. The predicted octanol–water partition coefficient (Wildman–Crippen LogP) is 3.83. The van der Waals surface area contributed by atoms with E-state index in [0.29, 0.717) is 17.0 Å². The van der Waals surface area contributed by atoms with Crippen LogP contribution in [0.25, 0.3) is 0 Å². The Morgan fingerprint density at radius 2 is 1.96 bits per heavy atom. The number of hydrogen-bond donors (Lipinski definition) is 0. The van der Waals surface area contributed by atoms with Gasteiger partial charge in [-0.25, -0.2) is 4.98 Å². The van der Waals surface area contributed by atoms with Crippen LogP contribution in [-0.4, -0.2) is 17.4 Å². The van der Waals surface area contributed by atoms with Crippen LogP contribution in [0, 0.1) is 11.3 Å². The monoisotopic (exact) mass is 320 g/mol. The van der Waals surface area contributed by atoms with Crippen molar-refractivity contribution in [2.45, 2.75) is 39.0 Å². The fraction of sp³-hybridized carbons (Fsp3) is 0.350. The van der Waals surface area contributed by atoms with Crippen molar-refractivity contribution in [3.8, 4) is 11.9 Å². The smallest absolute Gasteiger partial charge is 0.232 e. The van der Waals surface area contributed by atoms with Crippen molar-refractivity contribution in [2.75, 3.05) is 6.61 Å². The molecule has 4 heteroatoms. The van der Waals surface area contributed by atoms with Gasteiger partial charge in [0.05, 0.1) is 5.69 Å². The number of pyridine rings is 1. The first-order chi connectivity index (χ1) is 11.6. The zero-order valence-electron chi connectivity index (χ0n) is 14.0. The summed E-state index contributed by atoms with van der Waals surface area (Å²) >= 11 is 0. The minimum Gasteiger partial charge on any atom is -0.468 e. The van der Waals surface area contributed by atoms with Gasteiger partial charge in [0.1, 0.15) is 11.6 Å². The lowest BCUT2D eigenvalue weighted by Gasteiger charge is -2.16. The standard InChI is InChI=1S/C20H20N2O2/c1-13(2)19-16-10-6-9-15(16)17(11-21)20(22-19)24-12-18(23)14-7-4-3-5-8-14/h3-5,7-8,13H,6,9-10,12H2,1-2H3. The number of ketones is 1. The third-order valence-electron chi connectivity index (χ3n) is 4.36. The van der Waals surface area contributed by atoms with E-state index in [1.807, 2.05) is 18.2 Å². The van der Waals surface area contributed by atoms with Gasteiger partial charge in [-0.3, -0.25) is 4.79 Å². The molecule has 1 aromatic heterocycles. The van der Waals surface area contributed by atoms with E-state index in [-0.39, 0.29) is 18.3 Å². The fourth-order valence-electron chi connectivity index (χ4n) is 3.20. The van der Waals surface area contributed by atoms with Crippen LogP contribution in [0.4, 0.5) is 0 Å². The second-order valence-electron chi connectivity index (χ2n) is 6.33. The van der Waals surface area contributed by atoms with Gasteiger partial charge in [-0.15, -0.1) is 0 Å². The molecule has 0 saturated heterocycles. The number of fused-ring (bicyclic) bond motifs is 1. The molecule has 4 nitrogen and oxygen atoms in total. The first kappa shape index (κ1) is 16.2. The van der Waals surface area contributed by atoms with Crippen molar-refractivity contribution in [1.82, 2.24) is 4.98 Å². The number of nitriles is 1. The highest BCUT2D eigenvalue weighted by atomic mass is 16.5. The van der Waals surface area contributed by atoms with Gasteiger partial charge in [-0.2, -0.15) is 5.26 Å². The minimum atomic E-state index is -0.118. The molecule has 0 saturated carbocycles. The summed E-state index contributed by atoms with van der Waals surface area (Å²) in [5.41, 5.74) is 4.33. The van der Waals surface area contributed by atoms with E-state index in [9.17, 15) is 10.1 Å². The minimum absolute atomic E-state index is 0.109. The van der Waals surface area contributed by atoms with Gasteiger partial charge in [0, 0.05) is 5.56 Å². The molecule has 0 N–H and O–H groups in total. The summed E-state index contributed by atoms with van der Waals surface area (Å²) in [5.74, 6) is 0.441. The van der Waals surface area contributed by atoms with E-state index in [0.717, 1.165) is 30.5 Å². The number of nitrogens with zero attached hydrogens (tertiary/aromatic N) is 2.